The van der Waals surface area contributed by atoms with E-state index < -0.39 is 0 Å². The van der Waals surface area contributed by atoms with Gasteiger partial charge in [0, 0.05) is 18.6 Å². The van der Waals surface area contributed by atoms with Crippen molar-refractivity contribution in [2.75, 3.05) is 13.7 Å². The molecule has 1 aromatic rings. The van der Waals surface area contributed by atoms with Crippen LogP contribution in [0.4, 0.5) is 0 Å². The number of hydrogen-bond donors (Lipinski definition) is 1. The van der Waals surface area contributed by atoms with Crippen LogP contribution >= 0.6 is 0 Å². The summed E-state index contributed by atoms with van der Waals surface area (Å²) in [5.74, 6) is 0.930. The van der Waals surface area contributed by atoms with Crippen LogP contribution in [-0.2, 0) is 6.54 Å². The molecule has 0 saturated heterocycles. The Bertz CT molecular complexity index is 382. The van der Waals surface area contributed by atoms with Crippen molar-refractivity contribution in [2.24, 2.45) is 5.73 Å². The molecule has 1 saturated carbocycles. The lowest BCUT2D eigenvalue weighted by atomic mass is 9.90. The fraction of sp³-hybridized carbons (Fsp3) is 0.647. The van der Waals surface area contributed by atoms with Crippen LogP contribution in [0.3, 0.4) is 0 Å². The van der Waals surface area contributed by atoms with E-state index >= 15 is 0 Å². The van der Waals surface area contributed by atoms with Crippen LogP contribution in [0.1, 0.15) is 44.6 Å². The van der Waals surface area contributed by atoms with Crippen molar-refractivity contribution in [2.45, 2.75) is 57.7 Å². The molecule has 0 aromatic heterocycles. The summed E-state index contributed by atoms with van der Waals surface area (Å²) < 4.78 is 5.22. The SMILES string of the molecule is CCCN(Cc1ccc(OC)cc1)C1CCC(N)CC1. The van der Waals surface area contributed by atoms with Gasteiger partial charge in [0.25, 0.3) is 0 Å². The van der Waals surface area contributed by atoms with E-state index in [0.717, 1.165) is 12.3 Å². The zero-order valence-electron chi connectivity index (χ0n) is 12.8. The van der Waals surface area contributed by atoms with Gasteiger partial charge >= 0.3 is 0 Å². The summed E-state index contributed by atoms with van der Waals surface area (Å²) in [5.41, 5.74) is 7.39. The number of rotatable bonds is 6. The Morgan fingerprint density at radius 1 is 1.15 bits per heavy atom. The summed E-state index contributed by atoms with van der Waals surface area (Å²) in [6.07, 6.45) is 6.05. The maximum atomic E-state index is 6.02. The van der Waals surface area contributed by atoms with Crippen molar-refractivity contribution in [1.29, 1.82) is 0 Å². The fourth-order valence-corrected chi connectivity index (χ4v) is 3.11. The van der Waals surface area contributed by atoms with Gasteiger partial charge in [-0.05, 0) is 56.3 Å². The topological polar surface area (TPSA) is 38.5 Å². The third kappa shape index (κ3) is 4.22. The minimum Gasteiger partial charge on any atom is -0.497 e. The van der Waals surface area contributed by atoms with Gasteiger partial charge < -0.3 is 10.5 Å². The van der Waals surface area contributed by atoms with E-state index in [2.05, 4.69) is 36.1 Å². The van der Waals surface area contributed by atoms with Gasteiger partial charge in [0.05, 0.1) is 7.11 Å². The second-order valence-corrected chi connectivity index (χ2v) is 5.89. The summed E-state index contributed by atoms with van der Waals surface area (Å²) in [5, 5.41) is 0. The Kier molecular flexibility index (Phi) is 5.86. The number of nitrogens with zero attached hydrogens (tertiary/aromatic N) is 1. The van der Waals surface area contributed by atoms with Gasteiger partial charge in [0.1, 0.15) is 5.75 Å². The summed E-state index contributed by atoms with van der Waals surface area (Å²) in [4.78, 5) is 2.63. The zero-order chi connectivity index (χ0) is 14.4. The molecular formula is C17H28N2O. The molecule has 0 atom stereocenters. The van der Waals surface area contributed by atoms with E-state index in [1.54, 1.807) is 7.11 Å². The van der Waals surface area contributed by atoms with Crippen LogP contribution in [0.25, 0.3) is 0 Å². The van der Waals surface area contributed by atoms with E-state index in [1.165, 1.54) is 44.2 Å². The first kappa shape index (κ1) is 15.3. The second kappa shape index (κ2) is 7.65. The predicted molar refractivity (Wildman–Crippen MR) is 83.9 cm³/mol. The number of nitrogens with two attached hydrogens (primary N) is 1. The molecule has 3 nitrogen and oxygen atoms in total. The lowest BCUT2D eigenvalue weighted by Crippen LogP contribution is -2.40. The maximum absolute atomic E-state index is 6.02. The van der Waals surface area contributed by atoms with E-state index in [0.29, 0.717) is 12.1 Å². The molecule has 0 amide bonds. The molecule has 3 heteroatoms. The zero-order valence-corrected chi connectivity index (χ0v) is 12.8. The van der Waals surface area contributed by atoms with E-state index in [9.17, 15) is 0 Å². The normalized spacial score (nSPS) is 23.0. The highest BCUT2D eigenvalue weighted by Crippen LogP contribution is 2.24. The molecular weight excluding hydrogens is 248 g/mol. The summed E-state index contributed by atoms with van der Waals surface area (Å²) in [6.45, 7) is 4.47. The Morgan fingerprint density at radius 2 is 1.80 bits per heavy atom. The molecule has 0 aliphatic heterocycles. The molecule has 0 unspecified atom stereocenters. The van der Waals surface area contributed by atoms with Crippen molar-refractivity contribution >= 4 is 0 Å². The number of hydrogen-bond acceptors (Lipinski definition) is 3. The number of benzene rings is 1. The average molecular weight is 276 g/mol. The largest absolute Gasteiger partial charge is 0.497 e. The number of ether oxygens (including phenoxy) is 1. The Balaban J connectivity index is 1.97. The van der Waals surface area contributed by atoms with Crippen LogP contribution in [0, 0.1) is 0 Å². The standard InChI is InChI=1S/C17H28N2O/c1-3-12-19(16-8-6-15(18)7-9-16)13-14-4-10-17(20-2)11-5-14/h4-5,10-11,15-16H,3,6-9,12-13,18H2,1-2H3. The van der Waals surface area contributed by atoms with Crippen LogP contribution in [0.15, 0.2) is 24.3 Å². The molecule has 0 heterocycles. The van der Waals surface area contributed by atoms with Gasteiger partial charge in [0.2, 0.25) is 0 Å². The van der Waals surface area contributed by atoms with Crippen molar-refractivity contribution < 1.29 is 4.74 Å². The quantitative estimate of drug-likeness (QED) is 0.867. The van der Waals surface area contributed by atoms with Crippen molar-refractivity contribution in [3.8, 4) is 5.75 Å². The molecule has 20 heavy (non-hydrogen) atoms. The third-order valence-corrected chi connectivity index (χ3v) is 4.31. The van der Waals surface area contributed by atoms with Gasteiger partial charge in [0.15, 0.2) is 0 Å². The molecule has 1 aliphatic rings. The van der Waals surface area contributed by atoms with Gasteiger partial charge in [-0.1, -0.05) is 19.1 Å². The predicted octanol–water partition coefficient (Wildman–Crippen LogP) is 3.18. The molecule has 1 fully saturated rings. The van der Waals surface area contributed by atoms with Gasteiger partial charge in [-0.3, -0.25) is 4.90 Å². The lowest BCUT2D eigenvalue weighted by molar-refractivity contribution is 0.142. The summed E-state index contributed by atoms with van der Waals surface area (Å²) >= 11 is 0. The van der Waals surface area contributed by atoms with Crippen LogP contribution in [0.2, 0.25) is 0 Å². The maximum Gasteiger partial charge on any atom is 0.118 e. The second-order valence-electron chi connectivity index (χ2n) is 5.89. The highest BCUT2D eigenvalue weighted by Gasteiger charge is 2.23. The molecule has 1 aliphatic carbocycles. The Labute approximate surface area is 123 Å². The van der Waals surface area contributed by atoms with Gasteiger partial charge in [-0.2, -0.15) is 0 Å². The number of methoxy groups -OCH3 is 1. The monoisotopic (exact) mass is 276 g/mol. The minimum absolute atomic E-state index is 0.427. The van der Waals surface area contributed by atoms with E-state index in [-0.39, 0.29) is 0 Å². The van der Waals surface area contributed by atoms with Crippen LogP contribution in [0.5, 0.6) is 5.75 Å². The van der Waals surface area contributed by atoms with Crippen molar-refractivity contribution in [3.63, 3.8) is 0 Å². The smallest absolute Gasteiger partial charge is 0.118 e. The Hall–Kier alpha value is -1.06. The molecule has 2 rings (SSSR count). The minimum atomic E-state index is 0.427. The van der Waals surface area contributed by atoms with Gasteiger partial charge in [-0.25, -0.2) is 0 Å². The first-order chi connectivity index (χ1) is 9.72. The highest BCUT2D eigenvalue weighted by molar-refractivity contribution is 5.27. The van der Waals surface area contributed by atoms with E-state index in [4.69, 9.17) is 10.5 Å². The first-order valence-corrected chi connectivity index (χ1v) is 7.85. The molecule has 0 spiro atoms. The third-order valence-electron chi connectivity index (χ3n) is 4.31. The molecule has 0 bridgehead atoms. The molecule has 0 radical (unpaired) electrons. The molecule has 2 N–H and O–H groups in total. The van der Waals surface area contributed by atoms with Gasteiger partial charge in [-0.15, -0.1) is 0 Å². The van der Waals surface area contributed by atoms with Crippen LogP contribution in [-0.4, -0.2) is 30.6 Å². The lowest BCUT2D eigenvalue weighted by Gasteiger charge is -2.36. The first-order valence-electron chi connectivity index (χ1n) is 7.85. The van der Waals surface area contributed by atoms with Crippen molar-refractivity contribution in [3.05, 3.63) is 29.8 Å². The van der Waals surface area contributed by atoms with Crippen molar-refractivity contribution in [1.82, 2.24) is 4.90 Å². The molecule has 112 valence electrons. The summed E-state index contributed by atoms with van der Waals surface area (Å²) in [7, 11) is 1.71. The average Bonchev–Trinajstić information content (AvgIpc) is 2.48. The summed E-state index contributed by atoms with van der Waals surface area (Å²) in [6, 6.07) is 9.59. The highest BCUT2D eigenvalue weighted by atomic mass is 16.5. The van der Waals surface area contributed by atoms with Crippen LogP contribution < -0.4 is 10.5 Å². The molecule has 1 aromatic carbocycles. The Morgan fingerprint density at radius 3 is 2.35 bits per heavy atom. The van der Waals surface area contributed by atoms with E-state index in [1.807, 2.05) is 0 Å². The fourth-order valence-electron chi connectivity index (χ4n) is 3.11.